The first-order valence-corrected chi connectivity index (χ1v) is 9.98. The van der Waals surface area contributed by atoms with Crippen LogP contribution in [-0.2, 0) is 6.54 Å². The normalized spacial score (nSPS) is 13.2. The summed E-state index contributed by atoms with van der Waals surface area (Å²) < 4.78 is 2.28. The number of rotatable bonds is 5. The fourth-order valence-corrected chi connectivity index (χ4v) is 4.74. The molecule has 3 N–H and O–H groups in total. The van der Waals surface area contributed by atoms with Gasteiger partial charge in [0.25, 0.3) is 0 Å². The molecule has 4 nitrogen and oxygen atoms in total. The molecule has 0 saturated carbocycles. The smallest absolute Gasteiger partial charge is 0.191 e. The van der Waals surface area contributed by atoms with Crippen molar-refractivity contribution in [2.45, 2.75) is 12.6 Å². The van der Waals surface area contributed by atoms with Gasteiger partial charge in [-0.05, 0) is 39.5 Å². The molecule has 126 valence electrons. The number of benzene rings is 1. The molecule has 0 fully saturated rings. The lowest BCUT2D eigenvalue weighted by Crippen LogP contribution is -2.38. The Balaban J connectivity index is 1.54. The van der Waals surface area contributed by atoms with Gasteiger partial charge in [-0.2, -0.15) is 0 Å². The summed E-state index contributed by atoms with van der Waals surface area (Å²) in [4.78, 5) is 6.37. The van der Waals surface area contributed by atoms with Crippen molar-refractivity contribution < 1.29 is 5.11 Å². The van der Waals surface area contributed by atoms with E-state index in [9.17, 15) is 5.11 Å². The number of guanidine groups is 1. The molecule has 2 aromatic heterocycles. The number of halogens is 1. The monoisotopic (exact) mass is 423 g/mol. The Kier molecular flexibility index (Phi) is 5.89. The van der Waals surface area contributed by atoms with Crippen LogP contribution < -0.4 is 10.6 Å². The van der Waals surface area contributed by atoms with E-state index < -0.39 is 6.10 Å². The maximum absolute atomic E-state index is 10.4. The molecule has 0 bridgehead atoms. The van der Waals surface area contributed by atoms with Crippen LogP contribution in [0, 0.1) is 0 Å². The molecule has 0 aliphatic carbocycles. The Labute approximate surface area is 157 Å². The number of aliphatic imine (C=N–C) groups is 1. The van der Waals surface area contributed by atoms with Crippen LogP contribution in [-0.4, -0.2) is 24.7 Å². The Morgan fingerprint density at radius 3 is 2.83 bits per heavy atom. The molecular weight excluding hydrogens is 406 g/mol. The number of thiophene rings is 2. The van der Waals surface area contributed by atoms with E-state index in [1.807, 2.05) is 18.2 Å². The van der Waals surface area contributed by atoms with Crippen molar-refractivity contribution in [2.75, 3.05) is 13.6 Å². The highest BCUT2D eigenvalue weighted by atomic mass is 79.9. The minimum Gasteiger partial charge on any atom is -0.386 e. The summed E-state index contributed by atoms with van der Waals surface area (Å²) in [6.07, 6.45) is -0.558. The van der Waals surface area contributed by atoms with Gasteiger partial charge in [0.05, 0.1) is 6.54 Å². The highest BCUT2D eigenvalue weighted by Crippen LogP contribution is 2.29. The molecule has 0 aliphatic heterocycles. The predicted octanol–water partition coefficient (Wildman–Crippen LogP) is 4.12. The van der Waals surface area contributed by atoms with Gasteiger partial charge in [0.2, 0.25) is 0 Å². The van der Waals surface area contributed by atoms with E-state index in [-0.39, 0.29) is 0 Å². The average molecular weight is 424 g/mol. The van der Waals surface area contributed by atoms with Gasteiger partial charge in [-0.3, -0.25) is 4.99 Å². The number of aliphatic hydroxyl groups is 1. The molecular formula is C17H18BrN3OS2. The van der Waals surface area contributed by atoms with Gasteiger partial charge in [-0.15, -0.1) is 22.7 Å². The predicted molar refractivity (Wildman–Crippen MR) is 107 cm³/mol. The van der Waals surface area contributed by atoms with Gasteiger partial charge in [0.1, 0.15) is 6.10 Å². The Morgan fingerprint density at radius 2 is 2.12 bits per heavy atom. The quantitative estimate of drug-likeness (QED) is 0.427. The second-order valence-corrected chi connectivity index (χ2v) is 8.27. The first-order valence-electron chi connectivity index (χ1n) is 7.49. The first kappa shape index (κ1) is 17.4. The molecule has 3 rings (SSSR count). The molecule has 1 unspecified atom stereocenters. The van der Waals surface area contributed by atoms with E-state index in [0.29, 0.717) is 19.0 Å². The number of hydrogen-bond acceptors (Lipinski definition) is 4. The molecule has 0 aliphatic rings. The molecule has 0 amide bonds. The van der Waals surface area contributed by atoms with E-state index in [1.165, 1.54) is 15.0 Å². The number of aliphatic hydroxyl groups excluding tert-OH is 1. The van der Waals surface area contributed by atoms with Gasteiger partial charge < -0.3 is 15.7 Å². The van der Waals surface area contributed by atoms with Gasteiger partial charge in [0, 0.05) is 37.9 Å². The first-order chi connectivity index (χ1) is 11.7. The molecule has 3 aromatic rings. The lowest BCUT2D eigenvalue weighted by Gasteiger charge is -2.14. The lowest BCUT2D eigenvalue weighted by molar-refractivity contribution is 0.184. The van der Waals surface area contributed by atoms with E-state index >= 15 is 0 Å². The molecule has 7 heteroatoms. The standard InChI is InChI=1S/C17H18BrN3OS2/c1-19-17(20-8-13-7-12(18)10-23-13)21-9-14(22)16-6-11-4-2-3-5-15(11)24-16/h2-7,10,14,22H,8-9H2,1H3,(H2,19,20,21). The third-order valence-electron chi connectivity index (χ3n) is 3.51. The van der Waals surface area contributed by atoms with Gasteiger partial charge >= 0.3 is 0 Å². The van der Waals surface area contributed by atoms with Crippen molar-refractivity contribution >= 4 is 54.6 Å². The summed E-state index contributed by atoms with van der Waals surface area (Å²) >= 11 is 6.76. The highest BCUT2D eigenvalue weighted by molar-refractivity contribution is 9.10. The summed E-state index contributed by atoms with van der Waals surface area (Å²) in [5.41, 5.74) is 0. The minimum absolute atomic E-state index is 0.417. The Bertz CT molecular complexity index is 810. The zero-order valence-electron chi connectivity index (χ0n) is 13.1. The fourth-order valence-electron chi connectivity index (χ4n) is 2.30. The van der Waals surface area contributed by atoms with Crippen LogP contribution in [0.2, 0.25) is 0 Å². The van der Waals surface area contributed by atoms with E-state index in [1.54, 1.807) is 29.7 Å². The summed E-state index contributed by atoms with van der Waals surface area (Å²) in [6, 6.07) is 12.3. The van der Waals surface area contributed by atoms with Crippen molar-refractivity contribution in [3.05, 3.63) is 56.0 Å². The lowest BCUT2D eigenvalue weighted by atomic mass is 10.2. The fraction of sp³-hybridized carbons (Fsp3) is 0.235. The van der Waals surface area contributed by atoms with Crippen LogP contribution in [0.5, 0.6) is 0 Å². The molecule has 0 radical (unpaired) electrons. The summed E-state index contributed by atoms with van der Waals surface area (Å²) in [5.74, 6) is 0.680. The number of hydrogen-bond donors (Lipinski definition) is 3. The second kappa shape index (κ2) is 8.11. The number of nitrogens with zero attached hydrogens (tertiary/aromatic N) is 1. The number of nitrogens with one attached hydrogen (secondary N) is 2. The SMILES string of the molecule is CN=C(NCc1cc(Br)cs1)NCC(O)c1cc2ccccc2s1. The third kappa shape index (κ3) is 4.36. The largest absolute Gasteiger partial charge is 0.386 e. The van der Waals surface area contributed by atoms with Crippen LogP contribution >= 0.6 is 38.6 Å². The molecule has 1 aromatic carbocycles. The second-order valence-electron chi connectivity index (χ2n) is 5.24. The highest BCUT2D eigenvalue weighted by Gasteiger charge is 2.12. The van der Waals surface area contributed by atoms with Gasteiger partial charge in [0.15, 0.2) is 5.96 Å². The summed E-state index contributed by atoms with van der Waals surface area (Å²) in [5, 5.41) is 20.1. The van der Waals surface area contributed by atoms with Crippen molar-refractivity contribution in [2.24, 2.45) is 4.99 Å². The average Bonchev–Trinajstić information content (AvgIpc) is 3.20. The number of fused-ring (bicyclic) bond motifs is 1. The van der Waals surface area contributed by atoms with Crippen LogP contribution in [0.3, 0.4) is 0 Å². The van der Waals surface area contributed by atoms with Crippen LogP contribution in [0.15, 0.2) is 51.2 Å². The Morgan fingerprint density at radius 1 is 1.29 bits per heavy atom. The molecule has 1 atom stereocenters. The van der Waals surface area contributed by atoms with Gasteiger partial charge in [-0.25, -0.2) is 0 Å². The van der Waals surface area contributed by atoms with E-state index in [0.717, 1.165) is 9.35 Å². The van der Waals surface area contributed by atoms with Crippen LogP contribution in [0.25, 0.3) is 10.1 Å². The van der Waals surface area contributed by atoms with Crippen molar-refractivity contribution in [3.63, 3.8) is 0 Å². The molecule has 24 heavy (non-hydrogen) atoms. The maximum Gasteiger partial charge on any atom is 0.191 e. The summed E-state index contributed by atoms with van der Waals surface area (Å²) in [6.45, 7) is 1.12. The van der Waals surface area contributed by atoms with Crippen LogP contribution in [0.4, 0.5) is 0 Å². The molecule has 0 saturated heterocycles. The zero-order valence-corrected chi connectivity index (χ0v) is 16.3. The van der Waals surface area contributed by atoms with Gasteiger partial charge in [-0.1, -0.05) is 18.2 Å². The molecule has 2 heterocycles. The summed E-state index contributed by atoms with van der Waals surface area (Å²) in [7, 11) is 1.73. The van der Waals surface area contributed by atoms with Crippen molar-refractivity contribution in [3.8, 4) is 0 Å². The van der Waals surface area contributed by atoms with E-state index in [4.69, 9.17) is 0 Å². The minimum atomic E-state index is -0.558. The third-order valence-corrected chi connectivity index (χ3v) is 6.43. The van der Waals surface area contributed by atoms with E-state index in [2.05, 4.69) is 55.1 Å². The van der Waals surface area contributed by atoms with Crippen molar-refractivity contribution in [1.82, 2.24) is 10.6 Å². The van der Waals surface area contributed by atoms with Crippen LogP contribution in [0.1, 0.15) is 15.9 Å². The van der Waals surface area contributed by atoms with Crippen molar-refractivity contribution in [1.29, 1.82) is 0 Å². The molecule has 0 spiro atoms. The topological polar surface area (TPSA) is 56.7 Å². The maximum atomic E-state index is 10.4. The Hall–Kier alpha value is -1.41. The zero-order chi connectivity index (χ0) is 16.9.